The third-order valence-electron chi connectivity index (χ3n) is 1.50. The second-order valence-corrected chi connectivity index (χ2v) is 2.54. The molecule has 74 valence electrons. The van der Waals surface area contributed by atoms with E-state index in [1.165, 1.54) is 0 Å². The maximum Gasteiger partial charge on any atom is 0.211 e. The summed E-state index contributed by atoms with van der Waals surface area (Å²) in [4.78, 5) is 0. The zero-order valence-corrected chi connectivity index (χ0v) is 7.84. The zero-order chi connectivity index (χ0) is 10.4. The molecule has 0 bridgehead atoms. The summed E-state index contributed by atoms with van der Waals surface area (Å²) in [6, 6.07) is 7.36. The molecule has 0 saturated carbocycles. The van der Waals surface area contributed by atoms with E-state index in [-0.39, 0.29) is 5.96 Å². The molecule has 0 aliphatic carbocycles. The van der Waals surface area contributed by atoms with Crippen molar-refractivity contribution in [1.82, 2.24) is 0 Å². The van der Waals surface area contributed by atoms with Crippen molar-refractivity contribution >= 4 is 12.2 Å². The van der Waals surface area contributed by atoms with Crippen molar-refractivity contribution in [1.29, 1.82) is 0 Å². The van der Waals surface area contributed by atoms with Crippen LogP contribution in [0, 0.1) is 0 Å². The fourth-order valence-corrected chi connectivity index (χ4v) is 0.852. The van der Waals surface area contributed by atoms with Crippen molar-refractivity contribution in [2.45, 2.75) is 0 Å². The summed E-state index contributed by atoms with van der Waals surface area (Å²) in [6.07, 6.45) is 1.55. The second-order valence-electron chi connectivity index (χ2n) is 2.54. The molecular formula is C9H12N4O. The lowest BCUT2D eigenvalue weighted by atomic mass is 10.2. The molecule has 14 heavy (non-hydrogen) atoms. The highest BCUT2D eigenvalue weighted by Gasteiger charge is 1.89. The van der Waals surface area contributed by atoms with Crippen LogP contribution in [0.4, 0.5) is 0 Å². The third-order valence-corrected chi connectivity index (χ3v) is 1.50. The van der Waals surface area contributed by atoms with Gasteiger partial charge in [0.05, 0.1) is 13.3 Å². The lowest BCUT2D eigenvalue weighted by molar-refractivity contribution is 0.415. The Kier molecular flexibility index (Phi) is 3.49. The zero-order valence-electron chi connectivity index (χ0n) is 7.84. The molecule has 4 N–H and O–H groups in total. The normalized spacial score (nSPS) is 10.1. The quantitative estimate of drug-likeness (QED) is 0.410. The summed E-state index contributed by atoms with van der Waals surface area (Å²) in [5.74, 6) is 0.735. The van der Waals surface area contributed by atoms with Gasteiger partial charge in [0.1, 0.15) is 5.75 Å². The van der Waals surface area contributed by atoms with Crippen LogP contribution in [0.5, 0.6) is 5.75 Å². The highest BCUT2D eigenvalue weighted by molar-refractivity contribution is 5.81. The van der Waals surface area contributed by atoms with Gasteiger partial charge in [0.2, 0.25) is 5.96 Å². The molecule has 0 fully saturated rings. The van der Waals surface area contributed by atoms with Crippen LogP contribution in [0.3, 0.4) is 0 Å². The molecule has 0 spiro atoms. The van der Waals surface area contributed by atoms with Crippen molar-refractivity contribution < 1.29 is 4.74 Å². The van der Waals surface area contributed by atoms with Gasteiger partial charge in [0, 0.05) is 0 Å². The van der Waals surface area contributed by atoms with E-state index in [1.807, 2.05) is 24.3 Å². The van der Waals surface area contributed by atoms with E-state index in [1.54, 1.807) is 13.3 Å². The third kappa shape index (κ3) is 3.14. The van der Waals surface area contributed by atoms with Crippen LogP contribution < -0.4 is 16.2 Å². The molecule has 0 amide bonds. The fraction of sp³-hybridized carbons (Fsp3) is 0.111. The van der Waals surface area contributed by atoms with Crippen LogP contribution in [-0.2, 0) is 0 Å². The number of nitrogens with zero attached hydrogens (tertiary/aromatic N) is 2. The number of hydrogen-bond acceptors (Lipinski definition) is 3. The van der Waals surface area contributed by atoms with Crippen molar-refractivity contribution in [2.75, 3.05) is 7.11 Å². The summed E-state index contributed by atoms with van der Waals surface area (Å²) < 4.78 is 5.00. The van der Waals surface area contributed by atoms with Gasteiger partial charge in [-0.25, -0.2) is 0 Å². The summed E-state index contributed by atoms with van der Waals surface area (Å²) in [5, 5.41) is 7.14. The fourth-order valence-electron chi connectivity index (χ4n) is 0.852. The molecule has 0 unspecified atom stereocenters. The number of guanidine groups is 1. The van der Waals surface area contributed by atoms with E-state index < -0.39 is 0 Å². The van der Waals surface area contributed by atoms with Crippen molar-refractivity contribution in [2.24, 2.45) is 21.7 Å². The molecule has 5 heteroatoms. The van der Waals surface area contributed by atoms with Crippen LogP contribution in [0.1, 0.15) is 5.56 Å². The van der Waals surface area contributed by atoms with E-state index in [0.717, 1.165) is 11.3 Å². The van der Waals surface area contributed by atoms with E-state index in [0.29, 0.717) is 0 Å². The summed E-state index contributed by atoms with van der Waals surface area (Å²) >= 11 is 0. The number of rotatable bonds is 3. The number of ether oxygens (including phenoxy) is 1. The van der Waals surface area contributed by atoms with Crippen LogP contribution in [0.25, 0.3) is 0 Å². The molecular weight excluding hydrogens is 180 g/mol. The molecule has 0 atom stereocenters. The molecule has 1 aromatic carbocycles. The lowest BCUT2D eigenvalue weighted by Crippen LogP contribution is -2.21. The van der Waals surface area contributed by atoms with Crippen molar-refractivity contribution in [3.8, 4) is 5.75 Å². The average Bonchev–Trinajstić information content (AvgIpc) is 2.18. The van der Waals surface area contributed by atoms with Crippen molar-refractivity contribution in [3.63, 3.8) is 0 Å². The highest BCUT2D eigenvalue weighted by Crippen LogP contribution is 2.09. The number of hydrogen-bond donors (Lipinski definition) is 2. The Balaban J connectivity index is 2.69. The van der Waals surface area contributed by atoms with E-state index in [9.17, 15) is 0 Å². The Labute approximate surface area is 82.1 Å². The van der Waals surface area contributed by atoms with Gasteiger partial charge in [-0.05, 0) is 29.8 Å². The first-order valence-electron chi connectivity index (χ1n) is 3.98. The average molecular weight is 192 g/mol. The predicted molar refractivity (Wildman–Crippen MR) is 56.4 cm³/mol. The highest BCUT2D eigenvalue weighted by atomic mass is 16.5. The Morgan fingerprint density at radius 1 is 1.29 bits per heavy atom. The Morgan fingerprint density at radius 3 is 2.43 bits per heavy atom. The summed E-state index contributed by atoms with van der Waals surface area (Å²) in [5.41, 5.74) is 11.1. The molecule has 0 saturated heterocycles. The standard InChI is InChI=1S/C9H12N4O/c1-14-8-4-2-7(3-5-8)6-12-13-9(10)11/h2-6H,1H3,(H4,10,11,13)/b12-6-. The van der Waals surface area contributed by atoms with Gasteiger partial charge >= 0.3 is 0 Å². The number of nitrogens with two attached hydrogens (primary N) is 2. The SMILES string of the molecule is COc1ccc(/C=N\N=C(N)N)cc1. The first-order chi connectivity index (χ1) is 6.72. The molecule has 0 heterocycles. The molecule has 5 nitrogen and oxygen atoms in total. The minimum Gasteiger partial charge on any atom is -0.497 e. The maximum absolute atomic E-state index is 5.10. The van der Waals surface area contributed by atoms with Crippen molar-refractivity contribution in [3.05, 3.63) is 29.8 Å². The van der Waals surface area contributed by atoms with Gasteiger partial charge in [0.25, 0.3) is 0 Å². The molecule has 1 aromatic rings. The predicted octanol–water partition coefficient (Wildman–Crippen LogP) is 0.302. The van der Waals surface area contributed by atoms with Gasteiger partial charge in [0.15, 0.2) is 0 Å². The summed E-state index contributed by atoms with van der Waals surface area (Å²) in [6.45, 7) is 0. The van der Waals surface area contributed by atoms with Gasteiger partial charge in [-0.2, -0.15) is 5.10 Å². The van der Waals surface area contributed by atoms with Gasteiger partial charge in [-0.1, -0.05) is 0 Å². The Hall–Kier alpha value is -2.04. The molecule has 0 aliphatic rings. The number of benzene rings is 1. The smallest absolute Gasteiger partial charge is 0.211 e. The number of methoxy groups -OCH3 is 1. The van der Waals surface area contributed by atoms with Gasteiger partial charge in [-0.3, -0.25) is 0 Å². The van der Waals surface area contributed by atoms with Gasteiger partial charge in [-0.15, -0.1) is 5.10 Å². The Morgan fingerprint density at radius 2 is 1.93 bits per heavy atom. The van der Waals surface area contributed by atoms with Gasteiger partial charge < -0.3 is 16.2 Å². The van der Waals surface area contributed by atoms with E-state index in [2.05, 4.69) is 10.2 Å². The topological polar surface area (TPSA) is 86.0 Å². The van der Waals surface area contributed by atoms with E-state index in [4.69, 9.17) is 16.2 Å². The second kappa shape index (κ2) is 4.86. The van der Waals surface area contributed by atoms with Crippen LogP contribution in [0.2, 0.25) is 0 Å². The van der Waals surface area contributed by atoms with Crippen LogP contribution in [-0.4, -0.2) is 19.3 Å². The molecule has 0 aliphatic heterocycles. The molecule has 0 aromatic heterocycles. The van der Waals surface area contributed by atoms with Crippen LogP contribution >= 0.6 is 0 Å². The maximum atomic E-state index is 5.10. The first-order valence-corrected chi connectivity index (χ1v) is 3.98. The minimum absolute atomic E-state index is 0.0604. The minimum atomic E-state index is -0.0604. The lowest BCUT2D eigenvalue weighted by Gasteiger charge is -1.97. The monoisotopic (exact) mass is 192 g/mol. The van der Waals surface area contributed by atoms with E-state index >= 15 is 0 Å². The molecule has 1 rings (SSSR count). The largest absolute Gasteiger partial charge is 0.497 e. The summed E-state index contributed by atoms with van der Waals surface area (Å²) in [7, 11) is 1.61. The van der Waals surface area contributed by atoms with Crippen LogP contribution in [0.15, 0.2) is 34.5 Å². The first kappa shape index (κ1) is 10.0. The Bertz CT molecular complexity index is 338. The molecule has 0 radical (unpaired) electrons.